The number of hydrogen-bond donors (Lipinski definition) is 2. The molecule has 26 heavy (non-hydrogen) atoms. The normalized spacial score (nSPS) is 15.8. The largest absolute Gasteiger partial charge is 0.469 e. The number of hydrogen-bond acceptors (Lipinski definition) is 5. The van der Waals surface area contributed by atoms with Gasteiger partial charge in [-0.2, -0.15) is 11.8 Å². The third kappa shape index (κ3) is 7.19. The van der Waals surface area contributed by atoms with Crippen LogP contribution in [0.25, 0.3) is 0 Å². The number of ether oxygens (including phenoxy) is 1. The van der Waals surface area contributed by atoms with Crippen LogP contribution >= 0.6 is 11.8 Å². The fraction of sp³-hybridized carbons (Fsp3) is 0.667. The molecule has 0 aromatic carbocycles. The van der Waals surface area contributed by atoms with Crippen LogP contribution in [-0.2, 0) is 11.2 Å². The zero-order chi connectivity index (χ0) is 18.6. The van der Waals surface area contributed by atoms with E-state index in [4.69, 9.17) is 9.15 Å². The van der Waals surface area contributed by atoms with Gasteiger partial charge >= 0.3 is 6.09 Å². The maximum Gasteiger partial charge on any atom is 0.409 e. The third-order valence-electron chi connectivity index (χ3n) is 4.17. The highest BCUT2D eigenvalue weighted by atomic mass is 32.2. The molecule has 0 atom stereocenters. The van der Waals surface area contributed by atoms with Crippen LogP contribution in [0.2, 0.25) is 0 Å². The molecular formula is C18H30N4O3S. The van der Waals surface area contributed by atoms with Crippen molar-refractivity contribution < 1.29 is 13.9 Å². The van der Waals surface area contributed by atoms with Gasteiger partial charge in [0.1, 0.15) is 5.76 Å². The minimum absolute atomic E-state index is 0.212. The van der Waals surface area contributed by atoms with Crippen LogP contribution in [0.15, 0.2) is 27.8 Å². The minimum Gasteiger partial charge on any atom is -0.469 e. The van der Waals surface area contributed by atoms with Crippen LogP contribution in [0, 0.1) is 0 Å². The van der Waals surface area contributed by atoms with E-state index in [2.05, 4.69) is 21.9 Å². The second kappa shape index (κ2) is 11.7. The predicted octanol–water partition coefficient (Wildman–Crippen LogP) is 2.34. The molecule has 1 fully saturated rings. The number of nitrogens with zero attached hydrogens (tertiary/aromatic N) is 2. The number of piperidine rings is 1. The molecule has 0 unspecified atom stereocenters. The van der Waals surface area contributed by atoms with Crippen molar-refractivity contribution in [3.05, 3.63) is 24.2 Å². The Hall–Kier alpha value is -1.83. The van der Waals surface area contributed by atoms with Gasteiger partial charge in [-0.1, -0.05) is 0 Å². The molecule has 1 aliphatic heterocycles. The summed E-state index contributed by atoms with van der Waals surface area (Å²) in [6, 6.07) is 4.19. The molecule has 0 saturated carbocycles. The lowest BCUT2D eigenvalue weighted by Gasteiger charge is -2.32. The molecule has 2 N–H and O–H groups in total. The summed E-state index contributed by atoms with van der Waals surface area (Å²) in [5.41, 5.74) is 0. The number of rotatable bonds is 8. The maximum absolute atomic E-state index is 11.8. The number of aliphatic imine (C=N–C) groups is 1. The van der Waals surface area contributed by atoms with Crippen molar-refractivity contribution in [1.29, 1.82) is 0 Å². The van der Waals surface area contributed by atoms with Gasteiger partial charge in [-0.15, -0.1) is 0 Å². The quantitative estimate of drug-likeness (QED) is 0.408. The van der Waals surface area contributed by atoms with Crippen molar-refractivity contribution in [3.8, 4) is 0 Å². The first-order chi connectivity index (χ1) is 12.7. The highest BCUT2D eigenvalue weighted by Gasteiger charge is 2.24. The van der Waals surface area contributed by atoms with Crippen LogP contribution in [-0.4, -0.2) is 67.8 Å². The smallest absolute Gasteiger partial charge is 0.409 e. The van der Waals surface area contributed by atoms with Gasteiger partial charge in [0, 0.05) is 37.8 Å². The van der Waals surface area contributed by atoms with Crippen LogP contribution in [0.1, 0.15) is 25.5 Å². The van der Waals surface area contributed by atoms with E-state index in [0.29, 0.717) is 25.7 Å². The Bertz CT molecular complexity index is 543. The van der Waals surface area contributed by atoms with Crippen molar-refractivity contribution in [2.75, 3.05) is 44.8 Å². The highest BCUT2D eigenvalue weighted by molar-refractivity contribution is 7.98. The summed E-state index contributed by atoms with van der Waals surface area (Å²) in [6.45, 7) is 5.21. The Kier molecular flexibility index (Phi) is 9.23. The number of likely N-dealkylation sites (tertiary alicyclic amines) is 1. The van der Waals surface area contributed by atoms with Gasteiger partial charge in [-0.25, -0.2) is 4.79 Å². The van der Waals surface area contributed by atoms with Gasteiger partial charge in [-0.3, -0.25) is 4.99 Å². The number of guanidine groups is 1. The first-order valence-corrected chi connectivity index (χ1v) is 10.6. The standard InChI is InChI=1S/C18H30N4O3S/c1-3-24-18(23)22-11-7-15(8-12-22)21-17(20-10-14-26-2)19-9-6-16-5-4-13-25-16/h4-5,13,15H,3,6-12,14H2,1-2H3,(H2,19,20,21). The SMILES string of the molecule is CCOC(=O)N1CCC(NC(=NCCSC)NCCc2ccco2)CC1. The lowest BCUT2D eigenvalue weighted by Crippen LogP contribution is -2.50. The van der Waals surface area contributed by atoms with Gasteiger partial charge in [0.25, 0.3) is 0 Å². The van der Waals surface area contributed by atoms with E-state index in [1.807, 2.05) is 19.1 Å². The summed E-state index contributed by atoms with van der Waals surface area (Å²) in [5, 5.41) is 6.89. The van der Waals surface area contributed by atoms with Crippen molar-refractivity contribution in [1.82, 2.24) is 15.5 Å². The number of amides is 1. The molecule has 7 nitrogen and oxygen atoms in total. The first kappa shape index (κ1) is 20.5. The van der Waals surface area contributed by atoms with Gasteiger partial charge < -0.3 is 24.7 Å². The second-order valence-electron chi connectivity index (χ2n) is 6.08. The van der Waals surface area contributed by atoms with E-state index in [1.165, 1.54) is 0 Å². The third-order valence-corrected chi connectivity index (χ3v) is 4.76. The summed E-state index contributed by atoms with van der Waals surface area (Å²) < 4.78 is 10.4. The van der Waals surface area contributed by atoms with E-state index in [1.54, 1.807) is 22.9 Å². The van der Waals surface area contributed by atoms with Gasteiger partial charge in [-0.05, 0) is 38.2 Å². The molecule has 2 heterocycles. The minimum atomic E-state index is -0.212. The summed E-state index contributed by atoms with van der Waals surface area (Å²) in [7, 11) is 0. The maximum atomic E-state index is 11.8. The Labute approximate surface area is 159 Å². The Morgan fingerprint density at radius 1 is 1.46 bits per heavy atom. The summed E-state index contributed by atoms with van der Waals surface area (Å²) in [5.74, 6) is 2.79. The number of furan rings is 1. The van der Waals surface area contributed by atoms with E-state index in [-0.39, 0.29) is 6.09 Å². The summed E-state index contributed by atoms with van der Waals surface area (Å²) in [4.78, 5) is 18.2. The Balaban J connectivity index is 1.78. The molecule has 8 heteroatoms. The molecule has 0 aliphatic carbocycles. The zero-order valence-corrected chi connectivity index (χ0v) is 16.5. The molecule has 146 valence electrons. The molecular weight excluding hydrogens is 352 g/mol. The predicted molar refractivity (Wildman–Crippen MR) is 106 cm³/mol. The number of thioether (sulfide) groups is 1. The molecule has 0 spiro atoms. The highest BCUT2D eigenvalue weighted by Crippen LogP contribution is 2.11. The van der Waals surface area contributed by atoms with Gasteiger partial charge in [0.2, 0.25) is 0 Å². The fourth-order valence-corrected chi connectivity index (χ4v) is 3.05. The topological polar surface area (TPSA) is 79.1 Å². The molecule has 1 aromatic rings. The van der Waals surface area contributed by atoms with Crippen molar-refractivity contribution >= 4 is 23.8 Å². The monoisotopic (exact) mass is 382 g/mol. The Morgan fingerprint density at radius 3 is 2.92 bits per heavy atom. The van der Waals surface area contributed by atoms with Gasteiger partial charge in [0.15, 0.2) is 5.96 Å². The van der Waals surface area contributed by atoms with E-state index in [9.17, 15) is 4.79 Å². The molecule has 1 saturated heterocycles. The second-order valence-corrected chi connectivity index (χ2v) is 7.07. The van der Waals surface area contributed by atoms with Crippen LogP contribution < -0.4 is 10.6 Å². The average molecular weight is 383 g/mol. The van der Waals surface area contributed by atoms with Crippen LogP contribution in [0.4, 0.5) is 4.79 Å². The van der Waals surface area contributed by atoms with Crippen molar-refractivity contribution in [2.45, 2.75) is 32.2 Å². The molecule has 0 bridgehead atoms. The molecule has 2 rings (SSSR count). The van der Waals surface area contributed by atoms with Crippen LogP contribution in [0.5, 0.6) is 0 Å². The Morgan fingerprint density at radius 2 is 2.27 bits per heavy atom. The molecule has 0 radical (unpaired) electrons. The summed E-state index contributed by atoms with van der Waals surface area (Å²) >= 11 is 1.78. The van der Waals surface area contributed by atoms with E-state index >= 15 is 0 Å². The van der Waals surface area contributed by atoms with Crippen molar-refractivity contribution in [2.24, 2.45) is 4.99 Å². The van der Waals surface area contributed by atoms with Crippen LogP contribution in [0.3, 0.4) is 0 Å². The number of carbonyl (C=O) groups excluding carboxylic acids is 1. The number of nitrogens with one attached hydrogen (secondary N) is 2. The summed E-state index contributed by atoms with van der Waals surface area (Å²) in [6.07, 6.45) is 6.16. The molecule has 1 aliphatic rings. The number of carbonyl (C=O) groups is 1. The van der Waals surface area contributed by atoms with Crippen molar-refractivity contribution in [3.63, 3.8) is 0 Å². The first-order valence-electron chi connectivity index (χ1n) is 9.20. The van der Waals surface area contributed by atoms with E-state index < -0.39 is 0 Å². The fourth-order valence-electron chi connectivity index (χ4n) is 2.77. The van der Waals surface area contributed by atoms with Gasteiger partial charge in [0.05, 0.1) is 19.4 Å². The molecule has 1 aromatic heterocycles. The molecule has 1 amide bonds. The zero-order valence-electron chi connectivity index (χ0n) is 15.7. The average Bonchev–Trinajstić information content (AvgIpc) is 3.16. The lowest BCUT2D eigenvalue weighted by molar-refractivity contribution is 0.0963. The van der Waals surface area contributed by atoms with E-state index in [0.717, 1.165) is 49.8 Å². The lowest BCUT2D eigenvalue weighted by atomic mass is 10.1.